The van der Waals surface area contributed by atoms with Crippen LogP contribution in [0.15, 0.2) is 42.7 Å². The molecule has 2 aromatic heterocycles. The first-order valence-electron chi connectivity index (χ1n) is 10.1. The van der Waals surface area contributed by atoms with Gasteiger partial charge in [0.25, 0.3) is 11.8 Å². The number of nitrogens with two attached hydrogens (primary N) is 1. The molecule has 5 rings (SSSR count). The number of aromatic amines is 1. The highest BCUT2D eigenvalue weighted by molar-refractivity contribution is 6.06. The van der Waals surface area contributed by atoms with Crippen molar-refractivity contribution in [3.8, 4) is 0 Å². The molecule has 1 aromatic carbocycles. The van der Waals surface area contributed by atoms with Crippen LogP contribution in [0.2, 0.25) is 0 Å². The van der Waals surface area contributed by atoms with E-state index in [9.17, 15) is 14.0 Å². The third-order valence-electron chi connectivity index (χ3n) is 6.26. The van der Waals surface area contributed by atoms with E-state index < -0.39 is 5.91 Å². The molecule has 2 aliphatic rings. The number of carbonyl (C=O) groups is 2. The monoisotopic (exact) mass is 407 g/mol. The average molecular weight is 407 g/mol. The average Bonchev–Trinajstić information content (AvgIpc) is 3.31. The zero-order valence-corrected chi connectivity index (χ0v) is 16.3. The standard InChI is InChI=1S/C22H22FN5O2/c23-13-3-1-12(2-4-13)22(30)28-15-5-6-16(28)10-14(9-15)27-19-17-7-8-25-21(17)26-11-18(19)20(24)29/h1-4,7-8,11,14-16H,5-6,9-10H2,(H2,24,29)(H2,25,26,27)/t14?,15-,16+. The van der Waals surface area contributed by atoms with E-state index in [1.807, 2.05) is 11.0 Å². The lowest BCUT2D eigenvalue weighted by atomic mass is 9.95. The van der Waals surface area contributed by atoms with E-state index in [4.69, 9.17) is 5.73 Å². The molecule has 0 radical (unpaired) electrons. The second kappa shape index (κ2) is 7.12. The predicted molar refractivity (Wildman–Crippen MR) is 111 cm³/mol. The number of hydrogen-bond donors (Lipinski definition) is 3. The van der Waals surface area contributed by atoms with Gasteiger partial charge in [-0.2, -0.15) is 0 Å². The molecule has 2 amide bonds. The van der Waals surface area contributed by atoms with E-state index in [1.54, 1.807) is 18.3 Å². The van der Waals surface area contributed by atoms with E-state index in [-0.39, 0.29) is 29.8 Å². The Balaban J connectivity index is 1.38. The second-order valence-electron chi connectivity index (χ2n) is 8.07. The van der Waals surface area contributed by atoms with Gasteiger partial charge >= 0.3 is 0 Å². The van der Waals surface area contributed by atoms with Crippen molar-refractivity contribution in [3.63, 3.8) is 0 Å². The van der Waals surface area contributed by atoms with E-state index in [0.717, 1.165) is 31.1 Å². The minimum atomic E-state index is -0.528. The van der Waals surface area contributed by atoms with E-state index in [2.05, 4.69) is 15.3 Å². The molecule has 0 spiro atoms. The van der Waals surface area contributed by atoms with Crippen LogP contribution in [0, 0.1) is 5.82 Å². The first-order valence-corrected chi connectivity index (χ1v) is 10.1. The van der Waals surface area contributed by atoms with E-state index in [1.165, 1.54) is 18.3 Å². The first-order chi connectivity index (χ1) is 14.5. The number of anilines is 1. The van der Waals surface area contributed by atoms with Gasteiger partial charge < -0.3 is 20.9 Å². The van der Waals surface area contributed by atoms with Crippen molar-refractivity contribution in [2.45, 2.75) is 43.8 Å². The summed E-state index contributed by atoms with van der Waals surface area (Å²) in [6.07, 6.45) is 6.70. The summed E-state index contributed by atoms with van der Waals surface area (Å²) in [6, 6.07) is 7.93. The van der Waals surface area contributed by atoms with Gasteiger partial charge in [0.1, 0.15) is 11.5 Å². The molecule has 2 saturated heterocycles. The van der Waals surface area contributed by atoms with Crippen LogP contribution in [0.3, 0.4) is 0 Å². The zero-order valence-electron chi connectivity index (χ0n) is 16.3. The summed E-state index contributed by atoms with van der Waals surface area (Å²) in [6.45, 7) is 0. The lowest BCUT2D eigenvalue weighted by Gasteiger charge is -2.39. The maximum atomic E-state index is 13.2. The fraction of sp³-hybridized carbons (Fsp3) is 0.318. The van der Waals surface area contributed by atoms with Crippen molar-refractivity contribution in [2.75, 3.05) is 5.32 Å². The molecule has 2 fully saturated rings. The molecule has 2 bridgehead atoms. The smallest absolute Gasteiger partial charge is 0.254 e. The number of aromatic nitrogens is 2. The van der Waals surface area contributed by atoms with Crippen molar-refractivity contribution in [2.24, 2.45) is 5.73 Å². The maximum absolute atomic E-state index is 13.2. The quantitative estimate of drug-likeness (QED) is 0.618. The lowest BCUT2D eigenvalue weighted by molar-refractivity contribution is 0.0583. The number of primary amides is 1. The van der Waals surface area contributed by atoms with Crippen molar-refractivity contribution in [3.05, 3.63) is 59.7 Å². The summed E-state index contributed by atoms with van der Waals surface area (Å²) in [5.41, 5.74) is 7.83. The molecule has 3 aromatic rings. The Kier molecular flexibility index (Phi) is 4.42. The van der Waals surface area contributed by atoms with Crippen molar-refractivity contribution in [1.29, 1.82) is 0 Å². The van der Waals surface area contributed by atoms with Crippen LogP contribution >= 0.6 is 0 Å². The number of rotatable bonds is 4. The van der Waals surface area contributed by atoms with Gasteiger partial charge in [0, 0.05) is 41.5 Å². The van der Waals surface area contributed by atoms with Crippen LogP contribution in [-0.4, -0.2) is 44.8 Å². The summed E-state index contributed by atoms with van der Waals surface area (Å²) in [5.74, 6) is -0.924. The summed E-state index contributed by atoms with van der Waals surface area (Å²) >= 11 is 0. The predicted octanol–water partition coefficient (Wildman–Crippen LogP) is 3.05. The number of carbonyl (C=O) groups excluding carboxylic acids is 2. The topological polar surface area (TPSA) is 104 Å². The first kappa shape index (κ1) is 18.6. The minimum Gasteiger partial charge on any atom is -0.381 e. The molecular formula is C22H22FN5O2. The number of pyridine rings is 1. The molecule has 154 valence electrons. The van der Waals surface area contributed by atoms with Gasteiger partial charge in [-0.05, 0) is 56.0 Å². The molecule has 4 heterocycles. The fourth-order valence-corrected chi connectivity index (χ4v) is 4.92. The third kappa shape index (κ3) is 3.08. The number of nitrogens with zero attached hydrogens (tertiary/aromatic N) is 2. The Bertz CT molecular complexity index is 1110. The number of nitrogens with one attached hydrogen (secondary N) is 2. The normalized spacial score (nSPS) is 23.0. The minimum absolute atomic E-state index is 0.0456. The van der Waals surface area contributed by atoms with Gasteiger partial charge in [0.2, 0.25) is 0 Å². The Hall–Kier alpha value is -3.42. The summed E-state index contributed by atoms with van der Waals surface area (Å²) < 4.78 is 13.2. The molecule has 0 aliphatic carbocycles. The number of hydrogen-bond acceptors (Lipinski definition) is 4. The highest BCUT2D eigenvalue weighted by Gasteiger charge is 2.43. The van der Waals surface area contributed by atoms with Gasteiger partial charge in [-0.15, -0.1) is 0 Å². The van der Waals surface area contributed by atoms with Crippen molar-refractivity contribution >= 4 is 28.5 Å². The molecule has 3 atom stereocenters. The number of halogens is 1. The maximum Gasteiger partial charge on any atom is 0.254 e. The van der Waals surface area contributed by atoms with E-state index >= 15 is 0 Å². The van der Waals surface area contributed by atoms with Gasteiger partial charge in [-0.1, -0.05) is 0 Å². The Labute approximate surface area is 172 Å². The molecule has 4 N–H and O–H groups in total. The van der Waals surface area contributed by atoms with Crippen molar-refractivity contribution in [1.82, 2.24) is 14.9 Å². The van der Waals surface area contributed by atoms with Crippen LogP contribution in [0.25, 0.3) is 11.0 Å². The summed E-state index contributed by atoms with van der Waals surface area (Å²) in [5, 5.41) is 4.34. The van der Waals surface area contributed by atoms with E-state index in [0.29, 0.717) is 22.5 Å². The number of benzene rings is 1. The van der Waals surface area contributed by atoms with Crippen molar-refractivity contribution < 1.29 is 14.0 Å². The SMILES string of the molecule is NC(=O)c1cnc2[nH]ccc2c1NC1C[C@H]2CC[C@@H](C1)N2C(=O)c1ccc(F)cc1. The molecular weight excluding hydrogens is 385 g/mol. The molecule has 0 saturated carbocycles. The second-order valence-corrected chi connectivity index (χ2v) is 8.07. The number of piperidine rings is 1. The van der Waals surface area contributed by atoms with Crippen LogP contribution < -0.4 is 11.1 Å². The fourth-order valence-electron chi connectivity index (χ4n) is 4.92. The Morgan fingerprint density at radius 2 is 1.83 bits per heavy atom. The Morgan fingerprint density at radius 1 is 1.13 bits per heavy atom. The third-order valence-corrected chi connectivity index (χ3v) is 6.26. The molecule has 2 aliphatic heterocycles. The van der Waals surface area contributed by atoms with Gasteiger partial charge in [0.15, 0.2) is 0 Å². The summed E-state index contributed by atoms with van der Waals surface area (Å²) in [7, 11) is 0. The van der Waals surface area contributed by atoms with Crippen LogP contribution in [0.5, 0.6) is 0 Å². The number of fused-ring (bicyclic) bond motifs is 3. The Morgan fingerprint density at radius 3 is 2.50 bits per heavy atom. The number of amides is 2. The molecule has 30 heavy (non-hydrogen) atoms. The highest BCUT2D eigenvalue weighted by atomic mass is 19.1. The van der Waals surface area contributed by atoms with Crippen LogP contribution in [0.4, 0.5) is 10.1 Å². The van der Waals surface area contributed by atoms with Gasteiger partial charge in [-0.3, -0.25) is 9.59 Å². The van der Waals surface area contributed by atoms with Crippen LogP contribution in [-0.2, 0) is 0 Å². The molecule has 8 heteroatoms. The van der Waals surface area contributed by atoms with Gasteiger partial charge in [0.05, 0.1) is 11.3 Å². The summed E-state index contributed by atoms with van der Waals surface area (Å²) in [4.78, 5) is 34.2. The largest absolute Gasteiger partial charge is 0.381 e. The molecule has 7 nitrogen and oxygen atoms in total. The lowest BCUT2D eigenvalue weighted by Crippen LogP contribution is -2.49. The van der Waals surface area contributed by atoms with Crippen LogP contribution in [0.1, 0.15) is 46.4 Å². The van der Waals surface area contributed by atoms with Gasteiger partial charge in [-0.25, -0.2) is 9.37 Å². The highest BCUT2D eigenvalue weighted by Crippen LogP contribution is 2.39. The number of H-pyrrole nitrogens is 1. The molecule has 1 unspecified atom stereocenters. The zero-order chi connectivity index (χ0) is 20.8.